The minimum Gasteiger partial charge on any atom is -0.507 e. The lowest BCUT2D eigenvalue weighted by atomic mass is 9.99. The third kappa shape index (κ3) is 3.67. The first-order valence-electron chi connectivity index (χ1n) is 8.08. The van der Waals surface area contributed by atoms with Gasteiger partial charge in [-0.1, -0.05) is 6.08 Å². The predicted molar refractivity (Wildman–Crippen MR) is 85.1 cm³/mol. The lowest BCUT2D eigenvalue weighted by Crippen LogP contribution is -2.60. The summed E-state index contributed by atoms with van der Waals surface area (Å²) >= 11 is 0. The number of ether oxygens (including phenoxy) is 3. The van der Waals surface area contributed by atoms with Crippen LogP contribution < -0.4 is 4.74 Å². The van der Waals surface area contributed by atoms with Gasteiger partial charge in [0.25, 0.3) is 0 Å². The van der Waals surface area contributed by atoms with Crippen LogP contribution in [0.2, 0.25) is 0 Å². The van der Waals surface area contributed by atoms with Crippen molar-refractivity contribution in [2.24, 2.45) is 0 Å². The Hall–Kier alpha value is -2.17. The molecule has 0 amide bonds. The van der Waals surface area contributed by atoms with Crippen LogP contribution >= 0.6 is 0 Å². The van der Waals surface area contributed by atoms with Gasteiger partial charge in [0.2, 0.25) is 6.29 Å². The minimum atomic E-state index is -1.56. The molecule has 9 heteroatoms. The fourth-order valence-corrected chi connectivity index (χ4v) is 2.87. The molecule has 2 aliphatic rings. The molecule has 2 aliphatic heterocycles. The maximum atomic E-state index is 11.3. The Morgan fingerprint density at radius 1 is 1.15 bits per heavy atom. The Balaban J connectivity index is 1.73. The number of hydrogen-bond donors (Lipinski definition) is 5. The number of carbonyl (C=O) groups is 1. The fourth-order valence-electron chi connectivity index (χ4n) is 2.87. The molecule has 26 heavy (non-hydrogen) atoms. The molecule has 0 saturated carbocycles. The lowest BCUT2D eigenvalue weighted by Gasteiger charge is -2.39. The van der Waals surface area contributed by atoms with Crippen LogP contribution in [0.15, 0.2) is 30.4 Å². The topological polar surface area (TPSA) is 146 Å². The third-order valence-corrected chi connectivity index (χ3v) is 4.31. The predicted octanol–water partition coefficient (Wildman–Crippen LogP) is -0.885. The molecule has 9 nitrogen and oxygen atoms in total. The molecule has 0 aliphatic carbocycles. The van der Waals surface area contributed by atoms with E-state index in [4.69, 9.17) is 14.2 Å². The van der Waals surface area contributed by atoms with Crippen molar-refractivity contribution in [3.63, 3.8) is 0 Å². The number of cyclic esters (lactones) is 1. The quantitative estimate of drug-likeness (QED) is 0.427. The molecule has 142 valence electrons. The highest BCUT2D eigenvalue weighted by Gasteiger charge is 2.44. The van der Waals surface area contributed by atoms with Gasteiger partial charge in [-0.15, -0.1) is 0 Å². The van der Waals surface area contributed by atoms with Crippen LogP contribution in [0, 0.1) is 0 Å². The number of phenolic OH excluding ortho intramolecular Hbond substituents is 1. The second-order valence-electron chi connectivity index (χ2n) is 6.10. The molecule has 1 aromatic rings. The number of benzene rings is 1. The van der Waals surface area contributed by atoms with E-state index in [0.29, 0.717) is 12.0 Å². The van der Waals surface area contributed by atoms with Crippen molar-refractivity contribution in [2.45, 2.75) is 43.2 Å². The molecule has 2 heterocycles. The van der Waals surface area contributed by atoms with Gasteiger partial charge in [-0.2, -0.15) is 0 Å². The third-order valence-electron chi connectivity index (χ3n) is 4.31. The molecule has 0 aromatic heterocycles. The van der Waals surface area contributed by atoms with E-state index in [9.17, 15) is 30.3 Å². The normalized spacial score (nSPS) is 34.4. The summed E-state index contributed by atoms with van der Waals surface area (Å²) in [6, 6.07) is 4.23. The van der Waals surface area contributed by atoms with Gasteiger partial charge in [0.05, 0.1) is 6.61 Å². The Labute approximate surface area is 148 Å². The van der Waals surface area contributed by atoms with Crippen LogP contribution in [-0.2, 0) is 14.3 Å². The largest absolute Gasteiger partial charge is 0.507 e. The maximum absolute atomic E-state index is 11.3. The second kappa shape index (κ2) is 7.60. The monoisotopic (exact) mass is 368 g/mol. The average Bonchev–Trinajstić information content (AvgIpc) is 2.62. The van der Waals surface area contributed by atoms with E-state index in [1.54, 1.807) is 6.08 Å². The number of aliphatic hydroxyl groups is 4. The van der Waals surface area contributed by atoms with Gasteiger partial charge in [-0.3, -0.25) is 0 Å². The molecular formula is C17H20O9. The SMILES string of the molecule is O=C1C=CC[C@@H](c2ccc(O[C@@H]3O[C@@H](CO)[C@H](O)[C@@H](O)[C@H]3O)cc2O)O1. The highest BCUT2D eigenvalue weighted by molar-refractivity contribution is 5.83. The van der Waals surface area contributed by atoms with Crippen molar-refractivity contribution in [1.82, 2.24) is 0 Å². The van der Waals surface area contributed by atoms with E-state index in [0.717, 1.165) is 0 Å². The van der Waals surface area contributed by atoms with E-state index >= 15 is 0 Å². The number of aliphatic hydroxyl groups excluding tert-OH is 4. The first kappa shape index (κ1) is 18.6. The zero-order valence-electron chi connectivity index (χ0n) is 13.6. The highest BCUT2D eigenvalue weighted by Crippen LogP contribution is 2.35. The first-order valence-corrected chi connectivity index (χ1v) is 8.08. The van der Waals surface area contributed by atoms with Gasteiger partial charge >= 0.3 is 5.97 Å². The van der Waals surface area contributed by atoms with Gasteiger partial charge in [0, 0.05) is 24.1 Å². The van der Waals surface area contributed by atoms with E-state index in [1.807, 2.05) is 0 Å². The van der Waals surface area contributed by atoms with E-state index < -0.39 is 49.4 Å². The van der Waals surface area contributed by atoms with Crippen LogP contribution in [0.5, 0.6) is 11.5 Å². The number of aromatic hydroxyl groups is 1. The second-order valence-corrected chi connectivity index (χ2v) is 6.10. The summed E-state index contributed by atoms with van der Waals surface area (Å²) in [5, 5.41) is 48.8. The van der Waals surface area contributed by atoms with Gasteiger partial charge in [0.1, 0.15) is 42.0 Å². The summed E-state index contributed by atoms with van der Waals surface area (Å²) in [5.74, 6) is -0.559. The lowest BCUT2D eigenvalue weighted by molar-refractivity contribution is -0.277. The molecule has 1 aromatic carbocycles. The summed E-state index contributed by atoms with van der Waals surface area (Å²) in [6.07, 6.45) is -4.30. The van der Waals surface area contributed by atoms with Gasteiger partial charge < -0.3 is 39.7 Å². The summed E-state index contributed by atoms with van der Waals surface area (Å²) in [6.45, 7) is -0.574. The number of esters is 1. The number of carbonyl (C=O) groups excluding carboxylic acids is 1. The first-order chi connectivity index (χ1) is 12.4. The fraction of sp³-hybridized carbons (Fsp3) is 0.471. The Morgan fingerprint density at radius 2 is 1.92 bits per heavy atom. The van der Waals surface area contributed by atoms with E-state index in [1.165, 1.54) is 24.3 Å². The molecule has 1 saturated heterocycles. The Kier molecular flexibility index (Phi) is 5.44. The molecule has 1 fully saturated rings. The number of phenols is 1. The molecule has 5 N–H and O–H groups in total. The van der Waals surface area contributed by atoms with E-state index in [2.05, 4.69) is 0 Å². The number of rotatable bonds is 4. The van der Waals surface area contributed by atoms with Crippen molar-refractivity contribution in [3.8, 4) is 11.5 Å². The molecule has 0 bridgehead atoms. The zero-order valence-corrected chi connectivity index (χ0v) is 13.6. The van der Waals surface area contributed by atoms with Crippen molar-refractivity contribution in [1.29, 1.82) is 0 Å². The summed E-state index contributed by atoms with van der Waals surface area (Å²) in [4.78, 5) is 11.3. The smallest absolute Gasteiger partial charge is 0.331 e. The molecular weight excluding hydrogens is 348 g/mol. The molecule has 0 unspecified atom stereocenters. The van der Waals surface area contributed by atoms with Crippen molar-refractivity contribution < 1.29 is 44.5 Å². The molecule has 0 spiro atoms. The molecule has 6 atom stereocenters. The minimum absolute atomic E-state index is 0.119. The Morgan fingerprint density at radius 3 is 2.58 bits per heavy atom. The van der Waals surface area contributed by atoms with Gasteiger partial charge in [-0.05, 0) is 12.1 Å². The van der Waals surface area contributed by atoms with Gasteiger partial charge in [0.15, 0.2) is 0 Å². The zero-order chi connectivity index (χ0) is 18.8. The van der Waals surface area contributed by atoms with E-state index in [-0.39, 0.29) is 11.5 Å². The maximum Gasteiger partial charge on any atom is 0.331 e. The Bertz CT molecular complexity index is 687. The van der Waals surface area contributed by atoms with Crippen molar-refractivity contribution in [2.75, 3.05) is 6.61 Å². The summed E-state index contributed by atoms with van der Waals surface area (Å²) < 4.78 is 15.8. The molecule has 0 radical (unpaired) electrons. The van der Waals surface area contributed by atoms with Crippen LogP contribution in [0.3, 0.4) is 0 Å². The molecule has 3 rings (SSSR count). The van der Waals surface area contributed by atoms with Crippen LogP contribution in [-0.4, -0.2) is 68.8 Å². The summed E-state index contributed by atoms with van der Waals surface area (Å²) in [5.41, 5.74) is 0.392. The summed E-state index contributed by atoms with van der Waals surface area (Å²) in [7, 11) is 0. The highest BCUT2D eigenvalue weighted by atomic mass is 16.7. The van der Waals surface area contributed by atoms with Crippen molar-refractivity contribution >= 4 is 5.97 Å². The average molecular weight is 368 g/mol. The standard InChI is InChI=1S/C17H20O9/c18-7-12-14(21)15(22)16(23)17(26-12)24-8-4-5-9(10(19)6-8)11-2-1-3-13(20)25-11/h1,3-6,11-12,14-19,21-23H,2,7H2/t11-,12-,14-,15+,16+,17+/m0/s1. The number of hydrogen-bond acceptors (Lipinski definition) is 9. The van der Waals surface area contributed by atoms with Gasteiger partial charge in [-0.25, -0.2) is 4.79 Å². The van der Waals surface area contributed by atoms with Crippen LogP contribution in [0.1, 0.15) is 18.1 Å². The van der Waals surface area contributed by atoms with Crippen molar-refractivity contribution in [3.05, 3.63) is 35.9 Å². The van der Waals surface area contributed by atoms with Crippen LogP contribution in [0.25, 0.3) is 0 Å². The van der Waals surface area contributed by atoms with Crippen LogP contribution in [0.4, 0.5) is 0 Å².